The van der Waals surface area contributed by atoms with Gasteiger partial charge in [-0.1, -0.05) is 86.6 Å². The fourth-order valence-corrected chi connectivity index (χ4v) is 6.09. The number of anilines is 1. The minimum Gasteiger partial charge on any atom is -0.489 e. The molecule has 1 unspecified atom stereocenters. The van der Waals surface area contributed by atoms with Gasteiger partial charge in [-0.05, 0) is 65.9 Å². The largest absolute Gasteiger partial charge is 0.489 e. The van der Waals surface area contributed by atoms with Crippen LogP contribution >= 0.6 is 0 Å². The van der Waals surface area contributed by atoms with Gasteiger partial charge in [-0.25, -0.2) is 8.42 Å². The summed E-state index contributed by atoms with van der Waals surface area (Å²) in [5, 5.41) is 2.93. The molecule has 0 aliphatic carbocycles. The Morgan fingerprint density at radius 2 is 1.41 bits per heavy atom. The van der Waals surface area contributed by atoms with Gasteiger partial charge in [0.2, 0.25) is 15.9 Å². The Labute approximate surface area is 231 Å². The number of hydrogen-bond donors (Lipinski definition) is 1. The molecule has 202 valence electrons. The summed E-state index contributed by atoms with van der Waals surface area (Å²) in [6.07, 6.45) is 0. The normalized spacial score (nSPS) is 12.3. The van der Waals surface area contributed by atoms with E-state index in [1.165, 1.54) is 4.31 Å². The lowest BCUT2D eigenvalue weighted by molar-refractivity contribution is -0.121. The average molecular weight is 543 g/mol. The monoisotopic (exact) mass is 542 g/mol. The number of nitrogens with zero attached hydrogens (tertiary/aromatic N) is 1. The minimum absolute atomic E-state index is 0.0758. The van der Waals surface area contributed by atoms with Crippen LogP contribution in [0.15, 0.2) is 114 Å². The van der Waals surface area contributed by atoms with Crippen LogP contribution < -0.4 is 10.1 Å². The van der Waals surface area contributed by atoms with Gasteiger partial charge in [0.25, 0.3) is 0 Å². The Bertz CT molecular complexity index is 1470. The van der Waals surface area contributed by atoms with Crippen LogP contribution in [0, 0.1) is 12.8 Å². The molecule has 4 aromatic carbocycles. The molecule has 0 saturated heterocycles. The fourth-order valence-electron chi connectivity index (χ4n) is 4.37. The predicted molar refractivity (Wildman–Crippen MR) is 155 cm³/mol. The van der Waals surface area contributed by atoms with Crippen molar-refractivity contribution >= 4 is 21.6 Å². The van der Waals surface area contributed by atoms with Crippen molar-refractivity contribution < 1.29 is 17.9 Å². The van der Waals surface area contributed by atoms with Crippen molar-refractivity contribution in [2.75, 3.05) is 5.32 Å². The van der Waals surface area contributed by atoms with Crippen LogP contribution in [0.2, 0.25) is 0 Å². The van der Waals surface area contributed by atoms with Gasteiger partial charge >= 0.3 is 0 Å². The standard InChI is InChI=1S/C32H34N2O4S/c1-24(2)31(32(35)33-28-18-20-29(21-19-28)38-23-26-13-6-4-7-14-26)34(22-27-15-11-10-12-25(27)3)39(36,37)30-16-8-5-9-17-30/h4-21,24,31H,22-23H2,1-3H3,(H,33,35). The molecule has 0 aliphatic rings. The number of ether oxygens (including phenoxy) is 1. The van der Waals surface area contributed by atoms with E-state index >= 15 is 0 Å². The molecule has 0 fully saturated rings. The van der Waals surface area contributed by atoms with Gasteiger partial charge in [-0.2, -0.15) is 4.31 Å². The second-order valence-electron chi connectivity index (χ2n) is 9.77. The number of hydrogen-bond acceptors (Lipinski definition) is 4. The van der Waals surface area contributed by atoms with Crippen molar-refractivity contribution in [1.82, 2.24) is 4.31 Å². The zero-order chi connectivity index (χ0) is 27.8. The van der Waals surface area contributed by atoms with Crippen molar-refractivity contribution in [3.63, 3.8) is 0 Å². The summed E-state index contributed by atoms with van der Waals surface area (Å²) in [7, 11) is -3.99. The first-order valence-corrected chi connectivity index (χ1v) is 14.4. The number of carbonyl (C=O) groups is 1. The summed E-state index contributed by atoms with van der Waals surface area (Å²) in [5.74, 6) is -0.0119. The van der Waals surface area contributed by atoms with Gasteiger partial charge in [0.05, 0.1) is 4.90 Å². The molecule has 1 amide bonds. The third-order valence-corrected chi connectivity index (χ3v) is 8.36. The van der Waals surface area contributed by atoms with Gasteiger partial charge in [0.15, 0.2) is 0 Å². The molecular weight excluding hydrogens is 508 g/mol. The van der Waals surface area contributed by atoms with Crippen LogP contribution in [-0.4, -0.2) is 24.7 Å². The molecule has 0 radical (unpaired) electrons. The van der Waals surface area contributed by atoms with Crippen LogP contribution in [0.3, 0.4) is 0 Å². The lowest BCUT2D eigenvalue weighted by atomic mass is 10.0. The third-order valence-electron chi connectivity index (χ3n) is 6.52. The van der Waals surface area contributed by atoms with Crippen molar-refractivity contribution in [3.8, 4) is 5.75 Å². The predicted octanol–water partition coefficient (Wildman–Crippen LogP) is 6.43. The molecule has 4 aromatic rings. The Hall–Kier alpha value is -3.94. The lowest BCUT2D eigenvalue weighted by Gasteiger charge is -2.33. The molecule has 0 aromatic heterocycles. The number of aryl methyl sites for hydroxylation is 1. The van der Waals surface area contributed by atoms with E-state index in [1.807, 2.05) is 75.4 Å². The molecule has 0 saturated carbocycles. The van der Waals surface area contributed by atoms with Crippen molar-refractivity contribution in [1.29, 1.82) is 0 Å². The van der Waals surface area contributed by atoms with Crippen LogP contribution in [0.1, 0.15) is 30.5 Å². The van der Waals surface area contributed by atoms with Gasteiger partial charge < -0.3 is 10.1 Å². The molecule has 0 spiro atoms. The van der Waals surface area contributed by atoms with Crippen LogP contribution in [0.25, 0.3) is 0 Å². The molecule has 1 N–H and O–H groups in total. The maximum atomic E-state index is 13.9. The van der Waals surface area contributed by atoms with Crippen LogP contribution in [0.4, 0.5) is 5.69 Å². The van der Waals surface area contributed by atoms with E-state index in [1.54, 1.807) is 54.6 Å². The number of sulfonamides is 1. The van der Waals surface area contributed by atoms with Gasteiger partial charge in [0, 0.05) is 12.2 Å². The molecule has 0 bridgehead atoms. The van der Waals surface area contributed by atoms with Gasteiger partial charge in [0.1, 0.15) is 18.4 Å². The van der Waals surface area contributed by atoms with E-state index in [0.29, 0.717) is 18.0 Å². The lowest BCUT2D eigenvalue weighted by Crippen LogP contribution is -2.49. The first-order valence-electron chi connectivity index (χ1n) is 12.9. The summed E-state index contributed by atoms with van der Waals surface area (Å²) in [6, 6.07) is 31.9. The minimum atomic E-state index is -3.99. The molecule has 6 nitrogen and oxygen atoms in total. The van der Waals surface area contributed by atoms with E-state index in [-0.39, 0.29) is 17.4 Å². The smallest absolute Gasteiger partial charge is 0.244 e. The Morgan fingerprint density at radius 3 is 2.03 bits per heavy atom. The van der Waals surface area contributed by atoms with Gasteiger partial charge in [-0.15, -0.1) is 0 Å². The van der Waals surface area contributed by atoms with Crippen LogP contribution in [0.5, 0.6) is 5.75 Å². The number of amides is 1. The topological polar surface area (TPSA) is 75.7 Å². The highest BCUT2D eigenvalue weighted by molar-refractivity contribution is 7.89. The maximum Gasteiger partial charge on any atom is 0.244 e. The highest BCUT2D eigenvalue weighted by atomic mass is 32.2. The molecule has 0 aliphatic heterocycles. The van der Waals surface area contributed by atoms with E-state index < -0.39 is 22.0 Å². The van der Waals surface area contributed by atoms with E-state index in [2.05, 4.69) is 5.32 Å². The second-order valence-corrected chi connectivity index (χ2v) is 11.7. The first kappa shape index (κ1) is 28.1. The molecule has 1 atom stereocenters. The van der Waals surface area contributed by atoms with Gasteiger partial charge in [-0.3, -0.25) is 4.79 Å². The van der Waals surface area contributed by atoms with Crippen molar-refractivity contribution in [2.24, 2.45) is 5.92 Å². The molecule has 39 heavy (non-hydrogen) atoms. The Morgan fingerprint density at radius 1 is 0.821 bits per heavy atom. The van der Waals surface area contributed by atoms with Crippen LogP contribution in [-0.2, 0) is 28.0 Å². The van der Waals surface area contributed by atoms with Crippen molar-refractivity contribution in [2.45, 2.75) is 44.9 Å². The summed E-state index contributed by atoms with van der Waals surface area (Å²) in [6.45, 7) is 6.17. The highest BCUT2D eigenvalue weighted by Crippen LogP contribution is 2.27. The third kappa shape index (κ3) is 7.13. The molecule has 0 heterocycles. The molecule has 7 heteroatoms. The van der Waals surface area contributed by atoms with E-state index in [4.69, 9.17) is 4.74 Å². The number of rotatable bonds is 11. The van der Waals surface area contributed by atoms with E-state index in [9.17, 15) is 13.2 Å². The zero-order valence-corrected chi connectivity index (χ0v) is 23.3. The summed E-state index contributed by atoms with van der Waals surface area (Å²) in [5.41, 5.74) is 3.42. The fraction of sp³-hybridized carbons (Fsp3) is 0.219. The SMILES string of the molecule is Cc1ccccc1CN(C(C(=O)Nc1ccc(OCc2ccccc2)cc1)C(C)C)S(=O)(=O)c1ccccc1. The zero-order valence-electron chi connectivity index (χ0n) is 22.4. The number of carbonyl (C=O) groups excluding carboxylic acids is 1. The maximum absolute atomic E-state index is 13.9. The summed E-state index contributed by atoms with van der Waals surface area (Å²) >= 11 is 0. The quantitative estimate of drug-likeness (QED) is 0.237. The van der Waals surface area contributed by atoms with E-state index in [0.717, 1.165) is 16.7 Å². The highest BCUT2D eigenvalue weighted by Gasteiger charge is 2.38. The van der Waals surface area contributed by atoms with Crippen molar-refractivity contribution in [3.05, 3.63) is 126 Å². The Kier molecular flexibility index (Phi) is 9.17. The number of benzene rings is 4. The average Bonchev–Trinajstić information content (AvgIpc) is 2.94. The second kappa shape index (κ2) is 12.7. The summed E-state index contributed by atoms with van der Waals surface area (Å²) < 4.78 is 35.0. The summed E-state index contributed by atoms with van der Waals surface area (Å²) in [4.78, 5) is 13.8. The Balaban J connectivity index is 1.58. The first-order chi connectivity index (χ1) is 18.8. The molecule has 4 rings (SSSR count). The number of nitrogens with one attached hydrogen (secondary N) is 1. The molecular formula is C32H34N2O4S.